The maximum atomic E-state index is 12.4. The summed E-state index contributed by atoms with van der Waals surface area (Å²) in [4.78, 5) is 0.910. The number of benzene rings is 1. The Bertz CT molecular complexity index is 308. The van der Waals surface area contributed by atoms with Crippen LogP contribution in [0.1, 0.15) is 13.8 Å². The molecule has 1 rings (SSSR count). The second-order valence-electron chi connectivity index (χ2n) is 3.31. The van der Waals surface area contributed by atoms with Crippen LogP contribution in [0.2, 0.25) is 0 Å². The van der Waals surface area contributed by atoms with Crippen molar-refractivity contribution in [1.29, 1.82) is 0 Å². The topological polar surface area (TPSA) is 29.1 Å². The molecule has 0 bridgehead atoms. The molecule has 0 amide bonds. The van der Waals surface area contributed by atoms with Gasteiger partial charge in [-0.15, -0.1) is 0 Å². The molecule has 3 heteroatoms. The third-order valence-corrected chi connectivity index (χ3v) is 5.38. The highest BCUT2D eigenvalue weighted by Crippen LogP contribution is 2.19. The van der Waals surface area contributed by atoms with Crippen LogP contribution in [0, 0.1) is 0 Å². The van der Waals surface area contributed by atoms with Crippen molar-refractivity contribution in [3.8, 4) is 0 Å². The fourth-order valence-electron chi connectivity index (χ4n) is 1.33. The standard InChI is InChI=1S/C10H17NOS/c1-9(2)13(12,11-3)10-7-5-4-6-8-10/h4-9,13H,1-3H3,(H,11,12). The highest BCUT2D eigenvalue weighted by molar-refractivity contribution is 8.01. The molecule has 1 aromatic rings. The minimum absolute atomic E-state index is 0.139. The molecule has 0 heterocycles. The molecule has 74 valence electrons. The fourth-order valence-corrected chi connectivity index (χ4v) is 3.32. The zero-order valence-corrected chi connectivity index (χ0v) is 9.21. The van der Waals surface area contributed by atoms with Gasteiger partial charge in [-0.25, -0.2) is 0 Å². The average Bonchev–Trinajstić information content (AvgIpc) is 2.17. The summed E-state index contributed by atoms with van der Waals surface area (Å²) in [6, 6.07) is 9.60. The van der Waals surface area contributed by atoms with E-state index < -0.39 is 10.1 Å². The van der Waals surface area contributed by atoms with E-state index in [1.165, 1.54) is 0 Å². The lowest BCUT2D eigenvalue weighted by Gasteiger charge is -2.27. The molecule has 0 spiro atoms. The summed E-state index contributed by atoms with van der Waals surface area (Å²) in [6.45, 7) is 3.95. The molecule has 2 nitrogen and oxygen atoms in total. The van der Waals surface area contributed by atoms with Crippen molar-refractivity contribution in [2.24, 2.45) is 0 Å². The Morgan fingerprint density at radius 1 is 1.23 bits per heavy atom. The van der Waals surface area contributed by atoms with Crippen molar-refractivity contribution in [2.45, 2.75) is 24.0 Å². The van der Waals surface area contributed by atoms with Crippen LogP contribution in [0.4, 0.5) is 0 Å². The van der Waals surface area contributed by atoms with Gasteiger partial charge in [0.25, 0.3) is 0 Å². The summed E-state index contributed by atoms with van der Waals surface area (Å²) >= 11 is 0. The maximum Gasteiger partial charge on any atom is 0.0273 e. The van der Waals surface area contributed by atoms with Gasteiger partial charge < -0.3 is 0 Å². The van der Waals surface area contributed by atoms with Gasteiger partial charge in [-0.05, 0) is 29.3 Å². The Balaban J connectivity index is 3.12. The lowest BCUT2D eigenvalue weighted by molar-refractivity contribution is 0.655. The first-order valence-corrected chi connectivity index (χ1v) is 6.23. The Hall–Kier alpha value is -0.670. The highest BCUT2D eigenvalue weighted by Gasteiger charge is 2.18. The predicted molar refractivity (Wildman–Crippen MR) is 58.4 cm³/mol. The molecule has 0 saturated heterocycles. The third-order valence-electron chi connectivity index (χ3n) is 2.20. The number of thiol groups is 1. The van der Waals surface area contributed by atoms with E-state index in [1.54, 1.807) is 7.05 Å². The largest absolute Gasteiger partial charge is 0.266 e. The lowest BCUT2D eigenvalue weighted by atomic mass is 10.4. The van der Waals surface area contributed by atoms with Crippen LogP contribution in [0.3, 0.4) is 0 Å². The molecule has 1 aromatic carbocycles. The van der Waals surface area contributed by atoms with Gasteiger partial charge in [0.2, 0.25) is 0 Å². The third kappa shape index (κ3) is 1.98. The van der Waals surface area contributed by atoms with Crippen LogP contribution in [0.15, 0.2) is 35.2 Å². The molecular formula is C10H17NOS. The SMILES string of the molecule is CN[SH](=O)(c1ccccc1)C(C)C. The zero-order valence-electron chi connectivity index (χ0n) is 8.32. The first-order chi connectivity index (χ1) is 6.11. The quantitative estimate of drug-likeness (QED) is 0.711. The Morgan fingerprint density at radius 2 is 1.77 bits per heavy atom. The summed E-state index contributed by atoms with van der Waals surface area (Å²) in [5, 5.41) is 0.139. The van der Waals surface area contributed by atoms with Crippen LogP contribution >= 0.6 is 0 Å². The van der Waals surface area contributed by atoms with Gasteiger partial charge in [-0.3, -0.25) is 8.93 Å². The molecule has 0 radical (unpaired) electrons. The van der Waals surface area contributed by atoms with Crippen molar-refractivity contribution in [3.05, 3.63) is 30.3 Å². The summed E-state index contributed by atoms with van der Waals surface area (Å²) in [5.74, 6) is 0. The van der Waals surface area contributed by atoms with Crippen molar-refractivity contribution >= 4 is 10.1 Å². The normalized spacial score (nSPS) is 13.2. The Morgan fingerprint density at radius 3 is 2.15 bits per heavy atom. The van der Waals surface area contributed by atoms with Gasteiger partial charge in [0.1, 0.15) is 0 Å². The number of nitrogens with one attached hydrogen (secondary N) is 1. The molecule has 1 N–H and O–H groups in total. The fraction of sp³-hybridized carbons (Fsp3) is 0.400. The predicted octanol–water partition coefficient (Wildman–Crippen LogP) is 1.60. The average molecular weight is 199 g/mol. The van der Waals surface area contributed by atoms with Crippen molar-refractivity contribution in [1.82, 2.24) is 4.72 Å². The molecule has 0 saturated carbocycles. The van der Waals surface area contributed by atoms with E-state index in [9.17, 15) is 4.21 Å². The summed E-state index contributed by atoms with van der Waals surface area (Å²) < 4.78 is 15.3. The van der Waals surface area contributed by atoms with E-state index in [-0.39, 0.29) is 5.25 Å². The van der Waals surface area contributed by atoms with Gasteiger partial charge in [0.15, 0.2) is 0 Å². The van der Waals surface area contributed by atoms with Crippen LogP contribution in [-0.2, 0) is 10.1 Å². The number of hydrogen-bond acceptors (Lipinski definition) is 1. The highest BCUT2D eigenvalue weighted by atomic mass is 32.3. The second-order valence-corrected chi connectivity index (χ2v) is 6.62. The van der Waals surface area contributed by atoms with E-state index in [0.717, 1.165) is 4.90 Å². The number of rotatable bonds is 3. The van der Waals surface area contributed by atoms with E-state index >= 15 is 0 Å². The van der Waals surface area contributed by atoms with Gasteiger partial charge in [-0.1, -0.05) is 32.0 Å². The van der Waals surface area contributed by atoms with E-state index in [0.29, 0.717) is 0 Å². The van der Waals surface area contributed by atoms with Crippen LogP contribution in [-0.4, -0.2) is 16.5 Å². The van der Waals surface area contributed by atoms with Gasteiger partial charge >= 0.3 is 0 Å². The monoisotopic (exact) mass is 199 g/mol. The van der Waals surface area contributed by atoms with E-state index in [2.05, 4.69) is 4.72 Å². The molecule has 0 aliphatic heterocycles. The minimum atomic E-state index is -2.37. The molecule has 0 unspecified atom stereocenters. The molecule has 0 aromatic heterocycles. The summed E-state index contributed by atoms with van der Waals surface area (Å²) in [6.07, 6.45) is 0. The van der Waals surface area contributed by atoms with E-state index in [4.69, 9.17) is 0 Å². The zero-order chi connectivity index (χ0) is 9.90. The molecule has 0 aliphatic carbocycles. The summed E-state index contributed by atoms with van der Waals surface area (Å²) in [7, 11) is -0.617. The molecule has 0 aliphatic rings. The molecule has 0 fully saturated rings. The second kappa shape index (κ2) is 4.03. The lowest BCUT2D eigenvalue weighted by Crippen LogP contribution is -2.35. The van der Waals surface area contributed by atoms with E-state index in [1.807, 2.05) is 44.2 Å². The van der Waals surface area contributed by atoms with Gasteiger partial charge in [0, 0.05) is 10.1 Å². The molecule has 0 atom stereocenters. The first kappa shape index (κ1) is 10.4. The number of hydrogen-bond donors (Lipinski definition) is 2. The maximum absolute atomic E-state index is 12.4. The Labute approximate surface area is 80.9 Å². The minimum Gasteiger partial charge on any atom is -0.266 e. The molecule has 13 heavy (non-hydrogen) atoms. The van der Waals surface area contributed by atoms with Gasteiger partial charge in [0.05, 0.1) is 0 Å². The van der Waals surface area contributed by atoms with Gasteiger partial charge in [-0.2, -0.15) is 0 Å². The van der Waals surface area contributed by atoms with Crippen molar-refractivity contribution < 1.29 is 4.21 Å². The Kier molecular flexibility index (Phi) is 3.22. The van der Waals surface area contributed by atoms with Crippen LogP contribution in [0.25, 0.3) is 0 Å². The van der Waals surface area contributed by atoms with Crippen LogP contribution < -0.4 is 4.72 Å². The van der Waals surface area contributed by atoms with Crippen LogP contribution in [0.5, 0.6) is 0 Å². The van der Waals surface area contributed by atoms with Crippen molar-refractivity contribution in [2.75, 3.05) is 7.05 Å². The molecular weight excluding hydrogens is 182 g/mol. The van der Waals surface area contributed by atoms with Crippen molar-refractivity contribution in [3.63, 3.8) is 0 Å². The first-order valence-electron chi connectivity index (χ1n) is 4.45. The smallest absolute Gasteiger partial charge is 0.0273 e. The summed E-state index contributed by atoms with van der Waals surface area (Å²) in [5.41, 5.74) is 0.